The largest absolute Gasteiger partial charge is 0.543 e. The average Bonchev–Trinajstić information content (AvgIpc) is 3.54. The molecule has 0 radical (unpaired) electrons. The van der Waals surface area contributed by atoms with E-state index < -0.39 is 29.2 Å². The zero-order valence-corrected chi connectivity index (χ0v) is 24.1. The molecule has 2 aliphatic rings. The molecular weight excluding hydrogens is 602 g/mol. The Kier molecular flexibility index (Phi) is 9.19. The number of imidazole rings is 1. The number of halogens is 1. The number of carboxylic acids is 1. The van der Waals surface area contributed by atoms with Gasteiger partial charge < -0.3 is 31.5 Å². The summed E-state index contributed by atoms with van der Waals surface area (Å²) in [5.41, 5.74) is 12.2. The van der Waals surface area contributed by atoms with Crippen LogP contribution in [0.2, 0.25) is 0 Å². The second-order valence-electron chi connectivity index (χ2n) is 8.33. The third-order valence-electron chi connectivity index (χ3n) is 5.97. The number of carbonyl (C=O) groups is 3. The van der Waals surface area contributed by atoms with Crippen molar-refractivity contribution in [3.63, 3.8) is 0 Å². The summed E-state index contributed by atoms with van der Waals surface area (Å²) in [7, 11) is 1.25. The van der Waals surface area contributed by atoms with Gasteiger partial charge in [0.25, 0.3) is 17.5 Å². The van der Waals surface area contributed by atoms with E-state index in [-0.39, 0.29) is 41.3 Å². The van der Waals surface area contributed by atoms with Gasteiger partial charge in [0.1, 0.15) is 37.5 Å². The van der Waals surface area contributed by atoms with Crippen molar-refractivity contribution in [2.75, 3.05) is 30.9 Å². The van der Waals surface area contributed by atoms with Crippen molar-refractivity contribution in [3.05, 3.63) is 47.7 Å². The molecule has 0 spiro atoms. The summed E-state index contributed by atoms with van der Waals surface area (Å²) in [6.45, 7) is 0.789. The number of thioether (sulfide) groups is 2. The van der Waals surface area contributed by atoms with Crippen LogP contribution >= 0.6 is 47.5 Å². The minimum Gasteiger partial charge on any atom is -0.543 e. The van der Waals surface area contributed by atoms with E-state index in [0.717, 1.165) is 32.9 Å². The van der Waals surface area contributed by atoms with Crippen LogP contribution in [0, 0.1) is 0 Å². The number of carboxylic acid groups (broad SMARTS) is 1. The highest BCUT2D eigenvalue weighted by molar-refractivity contribution is 8.00. The highest BCUT2D eigenvalue weighted by atomic mass is 35.5. The Morgan fingerprint density at radius 2 is 2.20 bits per heavy atom. The van der Waals surface area contributed by atoms with Gasteiger partial charge in [0.05, 0.1) is 11.7 Å². The van der Waals surface area contributed by atoms with Crippen LogP contribution in [-0.2, 0) is 25.8 Å². The maximum atomic E-state index is 13.1. The van der Waals surface area contributed by atoms with Crippen LogP contribution in [0.15, 0.2) is 52.0 Å². The molecule has 0 bridgehead atoms. The molecule has 2 aliphatic heterocycles. The third-order valence-corrected chi connectivity index (χ3v) is 8.92. The minimum atomic E-state index is -1.46. The van der Waals surface area contributed by atoms with Crippen molar-refractivity contribution in [1.29, 1.82) is 0 Å². The van der Waals surface area contributed by atoms with Gasteiger partial charge in [-0.1, -0.05) is 16.9 Å². The smallest absolute Gasteiger partial charge is 0.287 e. The summed E-state index contributed by atoms with van der Waals surface area (Å²) in [6, 6.07) is 4.85. The van der Waals surface area contributed by atoms with Gasteiger partial charge in [-0.3, -0.25) is 14.5 Å². The summed E-state index contributed by atoms with van der Waals surface area (Å²) in [5, 5.41) is 19.0. The van der Waals surface area contributed by atoms with Crippen molar-refractivity contribution in [1.82, 2.24) is 24.0 Å². The monoisotopic (exact) mass is 625 g/mol. The highest BCUT2D eigenvalue weighted by Gasteiger charge is 2.53. The van der Waals surface area contributed by atoms with Crippen molar-refractivity contribution >= 4 is 81.7 Å². The minimum absolute atomic E-state index is 0. The van der Waals surface area contributed by atoms with Gasteiger partial charge in [-0.25, -0.2) is 4.57 Å². The number of hydrogen-bond donors (Lipinski definition) is 3. The maximum Gasteiger partial charge on any atom is 0.287 e. The van der Waals surface area contributed by atoms with E-state index in [2.05, 4.69) is 19.8 Å². The summed E-state index contributed by atoms with van der Waals surface area (Å²) in [5.74, 6) is -1.75. The van der Waals surface area contributed by atoms with Crippen molar-refractivity contribution in [2.45, 2.75) is 23.0 Å². The summed E-state index contributed by atoms with van der Waals surface area (Å²) < 4.78 is 7.87. The Hall–Kier alpha value is -3.38. The van der Waals surface area contributed by atoms with Gasteiger partial charge >= 0.3 is 0 Å². The Labute approximate surface area is 246 Å². The Bertz CT molecular complexity index is 1520. The number of anilines is 1. The Balaban J connectivity index is 0.00000370. The molecule has 0 aromatic carbocycles. The standard InChI is InChI=1S/C22H23N9O5S3.ClH/c1-36-27-14(17-26-22(24)39-28-17)18(32)25-15-19(33)31-16(21(34)35)11(10-38-20(15)31)9-29-6-7-30-12(29)3-2-4-13(30)37-8-5-23;/h2-4,6-7,15,20H,5,8-10,23H2,1H3,(H3-,24,25,26,28,32,34,35);1H/b27-14-;/t15-,20-;/m1./s1. The number of aromatic nitrogens is 4. The summed E-state index contributed by atoms with van der Waals surface area (Å²) in [4.78, 5) is 48.1. The first-order valence-corrected chi connectivity index (χ1v) is 14.4. The fourth-order valence-electron chi connectivity index (χ4n) is 4.33. The van der Waals surface area contributed by atoms with Crippen LogP contribution in [0.4, 0.5) is 5.13 Å². The van der Waals surface area contributed by atoms with Crippen molar-refractivity contribution in [2.24, 2.45) is 10.9 Å². The maximum absolute atomic E-state index is 13.1. The number of fused-ring (bicyclic) bond motifs is 2. The van der Waals surface area contributed by atoms with E-state index in [1.165, 1.54) is 18.9 Å². The number of nitrogens with zero attached hydrogens (tertiary/aromatic N) is 6. The number of rotatable bonds is 10. The molecule has 1 fully saturated rings. The van der Waals surface area contributed by atoms with Gasteiger partial charge in [0, 0.05) is 41.2 Å². The second kappa shape index (κ2) is 12.4. The predicted molar refractivity (Wildman–Crippen MR) is 150 cm³/mol. The number of aliphatic carboxylic acids is 1. The van der Waals surface area contributed by atoms with Crippen LogP contribution in [0.25, 0.3) is 5.65 Å². The number of β-lactam (4-membered cyclic amide) rings is 1. The average molecular weight is 626 g/mol. The van der Waals surface area contributed by atoms with Gasteiger partial charge in [0.15, 0.2) is 10.2 Å². The molecule has 0 saturated carbocycles. The molecule has 40 heavy (non-hydrogen) atoms. The predicted octanol–water partition coefficient (Wildman–Crippen LogP) is -1.41. The van der Waals surface area contributed by atoms with Gasteiger partial charge in [-0.15, -0.1) is 24.2 Å². The van der Waals surface area contributed by atoms with Crippen LogP contribution < -0.4 is 26.5 Å². The number of nitrogens with two attached hydrogens (primary N) is 2. The Morgan fingerprint density at radius 1 is 1.40 bits per heavy atom. The lowest BCUT2D eigenvalue weighted by Gasteiger charge is -2.50. The molecular formula is C22H24ClN9O5S3. The number of oxime groups is 1. The number of nitrogens with one attached hydrogen (secondary N) is 1. The number of nitrogen functional groups attached to an aromatic ring is 1. The van der Waals surface area contributed by atoms with E-state index in [1.54, 1.807) is 11.8 Å². The normalized spacial score (nSPS) is 18.7. The fourth-order valence-corrected chi connectivity index (χ4v) is 6.89. The first-order chi connectivity index (χ1) is 18.8. The van der Waals surface area contributed by atoms with E-state index in [4.69, 9.17) is 16.3 Å². The van der Waals surface area contributed by atoms with E-state index >= 15 is 0 Å². The Morgan fingerprint density at radius 3 is 2.88 bits per heavy atom. The van der Waals surface area contributed by atoms with Crippen LogP contribution in [0.5, 0.6) is 0 Å². The van der Waals surface area contributed by atoms with Gasteiger partial charge in [-0.05, 0) is 12.1 Å². The van der Waals surface area contributed by atoms with Crippen molar-refractivity contribution < 1.29 is 28.9 Å². The summed E-state index contributed by atoms with van der Waals surface area (Å²) >= 11 is 3.84. The molecule has 1 saturated heterocycles. The van der Waals surface area contributed by atoms with E-state index in [9.17, 15) is 19.5 Å². The second-order valence-corrected chi connectivity index (χ2v) is 11.3. The third kappa shape index (κ3) is 5.46. The lowest BCUT2D eigenvalue weighted by atomic mass is 10.0. The lowest BCUT2D eigenvalue weighted by Crippen LogP contribution is -2.71. The number of pyridine rings is 1. The zero-order valence-electron chi connectivity index (χ0n) is 20.9. The molecule has 3 aromatic rings. The van der Waals surface area contributed by atoms with Crippen LogP contribution in [0.1, 0.15) is 5.82 Å². The highest BCUT2D eigenvalue weighted by Crippen LogP contribution is 2.40. The van der Waals surface area contributed by atoms with E-state index in [0.29, 0.717) is 17.9 Å². The molecule has 2 atom stereocenters. The molecule has 5 rings (SSSR count). The van der Waals surface area contributed by atoms with Crippen molar-refractivity contribution in [3.8, 4) is 0 Å². The molecule has 14 nitrogen and oxygen atoms in total. The summed E-state index contributed by atoms with van der Waals surface area (Å²) in [6.07, 6.45) is 3.76. The molecule has 5 N–H and O–H groups in total. The van der Waals surface area contributed by atoms with Gasteiger partial charge in [0.2, 0.25) is 11.5 Å². The fraction of sp³-hybridized carbons (Fsp3) is 0.318. The first-order valence-electron chi connectivity index (χ1n) is 11.6. The molecule has 18 heteroatoms. The van der Waals surface area contributed by atoms with Crippen LogP contribution in [0.3, 0.4) is 0 Å². The topological polar surface area (TPSA) is 197 Å². The molecule has 3 aromatic heterocycles. The SMILES string of the molecule is CO/N=C(\C(=O)N[C@@H]1C(=O)N2C(C(=O)[O-])=C(C[n+]3ccn4c(SCCN)cccc43)CS[C@H]12)c1nsc(N)n1.Cl. The molecule has 5 heterocycles. The van der Waals surface area contributed by atoms with Gasteiger partial charge in [-0.2, -0.15) is 13.8 Å². The molecule has 0 aliphatic carbocycles. The van der Waals surface area contributed by atoms with Crippen LogP contribution in [-0.4, -0.2) is 78.7 Å². The molecule has 2 amide bonds. The molecule has 212 valence electrons. The number of carbonyl (C=O) groups excluding carboxylic acids is 3. The lowest BCUT2D eigenvalue weighted by molar-refractivity contribution is -0.662. The number of amides is 2. The van der Waals surface area contributed by atoms with E-state index in [1.807, 2.05) is 39.6 Å². The molecule has 0 unspecified atom stereocenters. The number of hydrogen-bond acceptors (Lipinski definition) is 13. The zero-order chi connectivity index (χ0) is 27.7. The quantitative estimate of drug-likeness (QED) is 0.0786. The first kappa shape index (κ1) is 29.6.